The Kier molecular flexibility index (Phi) is 6.80. The first-order valence-corrected chi connectivity index (χ1v) is 17.5. The van der Waals surface area contributed by atoms with E-state index in [-0.39, 0.29) is 12.1 Å². The first kappa shape index (κ1) is 28.8. The van der Waals surface area contributed by atoms with E-state index in [1.54, 1.807) is 0 Å². The Hall–Kier alpha value is -6.13. The predicted molar refractivity (Wildman–Crippen MR) is 206 cm³/mol. The average molecular weight is 646 g/mol. The number of hydrogen-bond donors (Lipinski definition) is 1. The molecule has 0 radical (unpaired) electrons. The molecule has 3 atom stereocenters. The zero-order valence-corrected chi connectivity index (χ0v) is 27.5. The van der Waals surface area contributed by atoms with Gasteiger partial charge in [-0.1, -0.05) is 140 Å². The number of aliphatic imine (C=N–C) groups is 1. The van der Waals surface area contributed by atoms with Gasteiger partial charge in [0.15, 0.2) is 0 Å². The zero-order valence-electron chi connectivity index (χ0n) is 27.5. The van der Waals surface area contributed by atoms with Crippen LogP contribution in [-0.4, -0.2) is 10.4 Å². The van der Waals surface area contributed by atoms with E-state index in [1.165, 1.54) is 38.5 Å². The number of para-hydroxylation sites is 2. The summed E-state index contributed by atoms with van der Waals surface area (Å²) in [6, 6.07) is 43.4. The summed E-state index contributed by atoms with van der Waals surface area (Å²) in [5.41, 5.74) is 10.3. The van der Waals surface area contributed by atoms with Crippen molar-refractivity contribution in [2.75, 3.05) is 0 Å². The summed E-state index contributed by atoms with van der Waals surface area (Å²) in [5.74, 6) is 2.31. The molecule has 3 heterocycles. The van der Waals surface area contributed by atoms with Crippen LogP contribution in [0, 0.1) is 0 Å². The van der Waals surface area contributed by atoms with Gasteiger partial charge in [0, 0.05) is 44.4 Å². The molecule has 50 heavy (non-hydrogen) atoms. The minimum atomic E-state index is -0.125. The topological polar surface area (TPSA) is 42.5 Å². The SMILES string of the molecule is C1=CCC(c2ccc(C3C=C(c4ccccc4)NC(c4ccc5c6ccccc6n(C6CC=Cc7c6oc6ccccc76)c5c4)=N3)cc2)C=C1. The number of hydrogen-bond acceptors (Lipinski definition) is 3. The highest BCUT2D eigenvalue weighted by molar-refractivity contribution is 6.12. The van der Waals surface area contributed by atoms with E-state index in [0.717, 1.165) is 52.2 Å². The highest BCUT2D eigenvalue weighted by Gasteiger charge is 2.29. The number of amidine groups is 1. The van der Waals surface area contributed by atoms with Gasteiger partial charge in [0.2, 0.25) is 0 Å². The Morgan fingerprint density at radius 1 is 0.660 bits per heavy atom. The van der Waals surface area contributed by atoms with Gasteiger partial charge in [-0.05, 0) is 53.8 Å². The quantitative estimate of drug-likeness (QED) is 0.202. The molecule has 2 aliphatic carbocycles. The first-order chi connectivity index (χ1) is 24.8. The van der Waals surface area contributed by atoms with Gasteiger partial charge in [-0.15, -0.1) is 0 Å². The van der Waals surface area contributed by atoms with Gasteiger partial charge >= 0.3 is 0 Å². The molecule has 0 bridgehead atoms. The number of fused-ring (bicyclic) bond motifs is 6. The summed E-state index contributed by atoms with van der Waals surface area (Å²) in [6.07, 6.45) is 17.5. The minimum Gasteiger partial charge on any atom is -0.458 e. The van der Waals surface area contributed by atoms with Gasteiger partial charge in [-0.3, -0.25) is 4.99 Å². The molecule has 3 aliphatic rings. The molecule has 5 aromatic carbocycles. The highest BCUT2D eigenvalue weighted by Crippen LogP contribution is 2.43. The van der Waals surface area contributed by atoms with Crippen LogP contribution in [0.1, 0.15) is 64.4 Å². The number of nitrogens with zero attached hydrogens (tertiary/aromatic N) is 2. The van der Waals surface area contributed by atoms with Gasteiger partial charge in [-0.25, -0.2) is 0 Å². The van der Waals surface area contributed by atoms with Crippen molar-refractivity contribution in [2.45, 2.75) is 30.8 Å². The van der Waals surface area contributed by atoms with Crippen molar-refractivity contribution in [3.8, 4) is 0 Å². The minimum absolute atomic E-state index is 0.0295. The standard InChI is InChI=1S/C46H35N3O/c1-3-12-30(13-4-1)31-22-24-33(25-23-31)40-29-39(32-14-5-2-6-15-32)47-46(48-40)34-26-27-36-35-16-7-9-19-41(35)49(43(36)28-34)42-20-11-18-38-37-17-8-10-21-44(37)50-45(38)42/h1-12,14-19,21-30,40,42H,13,20H2,(H,47,48). The first-order valence-electron chi connectivity index (χ1n) is 17.5. The second-order valence-corrected chi connectivity index (χ2v) is 13.5. The highest BCUT2D eigenvalue weighted by atomic mass is 16.3. The lowest BCUT2D eigenvalue weighted by Gasteiger charge is -2.24. The Balaban J connectivity index is 1.10. The van der Waals surface area contributed by atoms with Gasteiger partial charge in [0.25, 0.3) is 0 Å². The van der Waals surface area contributed by atoms with E-state index in [4.69, 9.17) is 9.41 Å². The number of benzene rings is 5. The summed E-state index contributed by atoms with van der Waals surface area (Å²) in [6.45, 7) is 0. The molecule has 0 fully saturated rings. The van der Waals surface area contributed by atoms with Crippen LogP contribution < -0.4 is 5.32 Å². The van der Waals surface area contributed by atoms with Crippen molar-refractivity contribution in [3.05, 3.63) is 191 Å². The van der Waals surface area contributed by atoms with Crippen LogP contribution in [-0.2, 0) is 0 Å². The monoisotopic (exact) mass is 645 g/mol. The maximum Gasteiger partial charge on any atom is 0.135 e. The molecule has 0 saturated heterocycles. The van der Waals surface area contributed by atoms with E-state index in [1.807, 2.05) is 6.07 Å². The average Bonchev–Trinajstić information content (AvgIpc) is 3.74. The molecule has 4 nitrogen and oxygen atoms in total. The number of aromatic nitrogens is 1. The van der Waals surface area contributed by atoms with Crippen molar-refractivity contribution in [3.63, 3.8) is 0 Å². The van der Waals surface area contributed by atoms with E-state index in [9.17, 15) is 0 Å². The summed E-state index contributed by atoms with van der Waals surface area (Å²) >= 11 is 0. The fourth-order valence-electron chi connectivity index (χ4n) is 8.04. The zero-order chi connectivity index (χ0) is 33.0. The van der Waals surface area contributed by atoms with Crippen molar-refractivity contribution in [2.24, 2.45) is 4.99 Å². The lowest BCUT2D eigenvalue weighted by atomic mass is 9.91. The fourth-order valence-corrected chi connectivity index (χ4v) is 8.04. The fraction of sp³-hybridized carbons (Fsp3) is 0.109. The van der Waals surface area contributed by atoms with E-state index in [2.05, 4.69) is 168 Å². The van der Waals surface area contributed by atoms with Crippen LogP contribution in [0.25, 0.3) is 44.5 Å². The molecular weight excluding hydrogens is 611 g/mol. The molecule has 0 spiro atoms. The van der Waals surface area contributed by atoms with Crippen molar-refractivity contribution >= 4 is 50.4 Å². The van der Waals surface area contributed by atoms with Crippen LogP contribution in [0.4, 0.5) is 0 Å². The molecule has 240 valence electrons. The van der Waals surface area contributed by atoms with E-state index >= 15 is 0 Å². The normalized spacial score (nSPS) is 19.8. The maximum atomic E-state index is 6.62. The maximum absolute atomic E-state index is 6.62. The Bertz CT molecular complexity index is 2580. The predicted octanol–water partition coefficient (Wildman–Crippen LogP) is 11.3. The Morgan fingerprint density at radius 3 is 2.30 bits per heavy atom. The number of rotatable bonds is 5. The molecule has 4 heteroatoms. The van der Waals surface area contributed by atoms with Crippen molar-refractivity contribution in [1.82, 2.24) is 9.88 Å². The Labute approximate surface area is 291 Å². The lowest BCUT2D eigenvalue weighted by molar-refractivity contribution is 0.461. The van der Waals surface area contributed by atoms with Crippen LogP contribution in [0.15, 0.2) is 167 Å². The summed E-state index contributed by atoms with van der Waals surface area (Å²) in [7, 11) is 0. The molecule has 3 unspecified atom stereocenters. The molecule has 2 aromatic heterocycles. The second kappa shape index (κ2) is 11.8. The number of nitrogens with one attached hydrogen (secondary N) is 1. The van der Waals surface area contributed by atoms with Crippen molar-refractivity contribution in [1.29, 1.82) is 0 Å². The summed E-state index contributed by atoms with van der Waals surface area (Å²) in [4.78, 5) is 5.37. The van der Waals surface area contributed by atoms with Crippen LogP contribution >= 0.6 is 0 Å². The van der Waals surface area contributed by atoms with Gasteiger partial charge in [0.05, 0.1) is 17.6 Å². The van der Waals surface area contributed by atoms with Gasteiger partial charge in [0.1, 0.15) is 17.2 Å². The molecule has 1 N–H and O–H groups in total. The molecule has 0 amide bonds. The lowest BCUT2D eigenvalue weighted by Crippen LogP contribution is -2.27. The van der Waals surface area contributed by atoms with Crippen LogP contribution in [0.5, 0.6) is 0 Å². The molecule has 1 aliphatic heterocycles. The Morgan fingerprint density at radius 2 is 1.44 bits per heavy atom. The largest absolute Gasteiger partial charge is 0.458 e. The third-order valence-electron chi connectivity index (χ3n) is 10.5. The van der Waals surface area contributed by atoms with Crippen molar-refractivity contribution < 1.29 is 4.42 Å². The number of allylic oxidation sites excluding steroid dienone is 5. The van der Waals surface area contributed by atoms with Gasteiger partial charge < -0.3 is 14.3 Å². The van der Waals surface area contributed by atoms with Crippen LogP contribution in [0.3, 0.4) is 0 Å². The van der Waals surface area contributed by atoms with E-state index < -0.39 is 0 Å². The second-order valence-electron chi connectivity index (χ2n) is 13.5. The molecule has 7 aromatic rings. The third kappa shape index (κ3) is 4.79. The summed E-state index contributed by atoms with van der Waals surface area (Å²) < 4.78 is 9.11. The number of furan rings is 1. The van der Waals surface area contributed by atoms with Crippen LogP contribution in [0.2, 0.25) is 0 Å². The molecule has 0 saturated carbocycles. The third-order valence-corrected chi connectivity index (χ3v) is 10.5. The van der Waals surface area contributed by atoms with Gasteiger partial charge in [-0.2, -0.15) is 0 Å². The smallest absolute Gasteiger partial charge is 0.135 e. The molecule has 10 rings (SSSR count). The molecular formula is C46H35N3O. The van der Waals surface area contributed by atoms with E-state index in [0.29, 0.717) is 5.92 Å². The summed E-state index contributed by atoms with van der Waals surface area (Å²) in [5, 5.41) is 7.37.